The van der Waals surface area contributed by atoms with Gasteiger partial charge in [0.25, 0.3) is 5.91 Å². The molecule has 0 fully saturated rings. The summed E-state index contributed by atoms with van der Waals surface area (Å²) in [5.41, 5.74) is 2.72. The van der Waals surface area contributed by atoms with Gasteiger partial charge in [0.15, 0.2) is 12.3 Å². The number of benzene rings is 2. The van der Waals surface area contributed by atoms with E-state index < -0.39 is 18.5 Å². The minimum atomic E-state index is -0.719. The lowest BCUT2D eigenvalue weighted by Crippen LogP contribution is -2.21. The highest BCUT2D eigenvalue weighted by molar-refractivity contribution is 6.33. The van der Waals surface area contributed by atoms with Gasteiger partial charge in [0.1, 0.15) is 0 Å². The Balaban J connectivity index is 1.61. The van der Waals surface area contributed by atoms with Crippen LogP contribution in [-0.2, 0) is 9.53 Å². The number of nitrogens with one attached hydrogen (secondary N) is 1. The van der Waals surface area contributed by atoms with Crippen molar-refractivity contribution in [2.75, 3.05) is 11.9 Å². The summed E-state index contributed by atoms with van der Waals surface area (Å²) in [6.45, 7) is 1.45. The number of fused-ring (bicyclic) bond motifs is 1. The molecule has 1 amide bonds. The first-order chi connectivity index (χ1) is 12.0. The molecule has 0 saturated heterocycles. The van der Waals surface area contributed by atoms with E-state index in [-0.39, 0.29) is 5.69 Å². The Morgan fingerprint density at radius 3 is 2.68 bits per heavy atom. The summed E-state index contributed by atoms with van der Waals surface area (Å²) in [4.78, 5) is 32.2. The van der Waals surface area contributed by atoms with Crippen LogP contribution in [0.2, 0.25) is 5.02 Å². The first kappa shape index (κ1) is 16.9. The molecule has 0 saturated carbocycles. The van der Waals surface area contributed by atoms with Crippen LogP contribution in [0.3, 0.4) is 0 Å². The Morgan fingerprint density at radius 2 is 1.92 bits per heavy atom. The number of hydrogen-bond donors (Lipinski definition) is 1. The molecule has 3 rings (SSSR count). The largest absolute Gasteiger partial charge is 0.451 e. The summed E-state index contributed by atoms with van der Waals surface area (Å²) in [7, 11) is 0. The van der Waals surface area contributed by atoms with Crippen molar-refractivity contribution in [3.05, 3.63) is 64.9 Å². The van der Waals surface area contributed by atoms with Crippen LogP contribution < -0.4 is 5.32 Å². The molecule has 126 valence electrons. The second-order valence-electron chi connectivity index (χ2n) is 5.35. The zero-order valence-electron chi connectivity index (χ0n) is 13.3. The fraction of sp³-hybridized carbons (Fsp3) is 0.111. The number of hydrogen-bond acceptors (Lipinski definition) is 5. The third-order valence-corrected chi connectivity index (χ3v) is 3.70. The molecule has 1 aromatic heterocycles. The maximum Gasteiger partial charge on any atom is 0.359 e. The van der Waals surface area contributed by atoms with E-state index in [0.29, 0.717) is 21.7 Å². The first-order valence-corrected chi connectivity index (χ1v) is 7.85. The summed E-state index contributed by atoms with van der Waals surface area (Å²) in [5, 5.41) is 3.01. The topological polar surface area (TPSA) is 81.2 Å². The van der Waals surface area contributed by atoms with E-state index in [9.17, 15) is 9.59 Å². The van der Waals surface area contributed by atoms with Gasteiger partial charge in [-0.2, -0.15) is 0 Å². The number of anilines is 1. The Kier molecular flexibility index (Phi) is 4.90. The fourth-order valence-corrected chi connectivity index (χ4v) is 2.45. The van der Waals surface area contributed by atoms with Gasteiger partial charge < -0.3 is 10.1 Å². The molecule has 3 aromatic rings. The highest BCUT2D eigenvalue weighted by Crippen LogP contribution is 2.22. The Morgan fingerprint density at radius 1 is 1.16 bits per heavy atom. The van der Waals surface area contributed by atoms with Crippen molar-refractivity contribution >= 4 is 40.2 Å². The van der Waals surface area contributed by atoms with E-state index in [1.54, 1.807) is 30.3 Å². The van der Waals surface area contributed by atoms with Gasteiger partial charge in [0, 0.05) is 0 Å². The van der Waals surface area contributed by atoms with Crippen LogP contribution in [0.4, 0.5) is 5.69 Å². The van der Waals surface area contributed by atoms with Crippen molar-refractivity contribution in [3.8, 4) is 0 Å². The molecule has 0 bridgehead atoms. The van der Waals surface area contributed by atoms with Crippen LogP contribution in [-0.4, -0.2) is 28.5 Å². The van der Waals surface area contributed by atoms with Crippen molar-refractivity contribution in [1.29, 1.82) is 0 Å². The average molecular weight is 356 g/mol. The molecule has 2 aromatic carbocycles. The van der Waals surface area contributed by atoms with Gasteiger partial charge in [-0.15, -0.1) is 0 Å². The lowest BCUT2D eigenvalue weighted by Gasteiger charge is -2.08. The van der Waals surface area contributed by atoms with Crippen molar-refractivity contribution < 1.29 is 14.3 Å². The molecule has 0 unspecified atom stereocenters. The summed E-state index contributed by atoms with van der Waals surface area (Å²) < 4.78 is 4.98. The standard InChI is InChI=1S/C18H14ClN3O3/c1-11-6-7-13(12(19)8-11)22-17(23)10-25-18(24)16-9-20-14-4-2-3-5-15(14)21-16/h2-9H,10H2,1H3,(H,22,23). The number of para-hydroxylation sites is 2. The van der Waals surface area contributed by atoms with Crippen LogP contribution in [0.25, 0.3) is 11.0 Å². The highest BCUT2D eigenvalue weighted by Gasteiger charge is 2.13. The molecule has 0 aliphatic carbocycles. The van der Waals surface area contributed by atoms with Gasteiger partial charge in [0.2, 0.25) is 0 Å². The van der Waals surface area contributed by atoms with Crippen molar-refractivity contribution in [1.82, 2.24) is 9.97 Å². The van der Waals surface area contributed by atoms with Crippen molar-refractivity contribution in [2.45, 2.75) is 6.92 Å². The summed E-state index contributed by atoms with van der Waals surface area (Å²) >= 11 is 6.05. The second kappa shape index (κ2) is 7.27. The maximum atomic E-state index is 12.0. The first-order valence-electron chi connectivity index (χ1n) is 7.48. The molecular weight excluding hydrogens is 342 g/mol. The van der Waals surface area contributed by atoms with E-state index in [4.69, 9.17) is 16.3 Å². The predicted molar refractivity (Wildman–Crippen MR) is 94.6 cm³/mol. The van der Waals surface area contributed by atoms with E-state index in [1.807, 2.05) is 19.1 Å². The number of amides is 1. The van der Waals surface area contributed by atoms with E-state index in [2.05, 4.69) is 15.3 Å². The summed E-state index contributed by atoms with van der Waals surface area (Å²) in [6, 6.07) is 12.4. The van der Waals surface area contributed by atoms with Crippen LogP contribution in [0, 0.1) is 6.92 Å². The quantitative estimate of drug-likeness (QED) is 0.725. The number of carbonyl (C=O) groups is 2. The number of esters is 1. The van der Waals surface area contributed by atoms with Crippen molar-refractivity contribution in [3.63, 3.8) is 0 Å². The molecular formula is C18H14ClN3O3. The number of carbonyl (C=O) groups excluding carboxylic acids is 2. The van der Waals surface area contributed by atoms with Crippen LogP contribution in [0.1, 0.15) is 16.1 Å². The molecule has 6 nitrogen and oxygen atoms in total. The summed E-state index contributed by atoms with van der Waals surface area (Å²) in [5.74, 6) is -1.21. The fourth-order valence-electron chi connectivity index (χ4n) is 2.17. The lowest BCUT2D eigenvalue weighted by atomic mass is 10.2. The minimum Gasteiger partial charge on any atom is -0.451 e. The smallest absolute Gasteiger partial charge is 0.359 e. The molecule has 0 spiro atoms. The monoisotopic (exact) mass is 355 g/mol. The van der Waals surface area contributed by atoms with Gasteiger partial charge in [0.05, 0.1) is 27.9 Å². The normalized spacial score (nSPS) is 10.5. The number of ether oxygens (including phenoxy) is 1. The third kappa shape index (κ3) is 4.10. The number of aryl methyl sites for hydroxylation is 1. The van der Waals surface area contributed by atoms with E-state index in [1.165, 1.54) is 6.20 Å². The van der Waals surface area contributed by atoms with Gasteiger partial charge in [-0.05, 0) is 36.8 Å². The number of halogens is 1. The second-order valence-corrected chi connectivity index (χ2v) is 5.76. The molecule has 25 heavy (non-hydrogen) atoms. The van der Waals surface area contributed by atoms with Gasteiger partial charge in [-0.1, -0.05) is 29.8 Å². The number of rotatable bonds is 4. The Bertz CT molecular complexity index is 959. The van der Waals surface area contributed by atoms with Crippen molar-refractivity contribution in [2.24, 2.45) is 0 Å². The van der Waals surface area contributed by atoms with Gasteiger partial charge in [-0.3, -0.25) is 9.78 Å². The molecule has 0 aliphatic rings. The van der Waals surface area contributed by atoms with Gasteiger partial charge in [-0.25, -0.2) is 9.78 Å². The van der Waals surface area contributed by atoms with E-state index >= 15 is 0 Å². The zero-order chi connectivity index (χ0) is 17.8. The molecule has 7 heteroatoms. The zero-order valence-corrected chi connectivity index (χ0v) is 14.1. The highest BCUT2D eigenvalue weighted by atomic mass is 35.5. The number of aromatic nitrogens is 2. The Hall–Kier alpha value is -2.99. The SMILES string of the molecule is Cc1ccc(NC(=O)COC(=O)c2cnc3ccccc3n2)c(Cl)c1. The predicted octanol–water partition coefficient (Wildman–Crippen LogP) is 3.39. The third-order valence-electron chi connectivity index (χ3n) is 3.39. The van der Waals surface area contributed by atoms with Crippen LogP contribution in [0.15, 0.2) is 48.7 Å². The summed E-state index contributed by atoms with van der Waals surface area (Å²) in [6.07, 6.45) is 1.32. The van der Waals surface area contributed by atoms with Gasteiger partial charge >= 0.3 is 5.97 Å². The molecule has 0 radical (unpaired) electrons. The molecule has 0 aliphatic heterocycles. The molecule has 0 atom stereocenters. The van der Waals surface area contributed by atoms with E-state index in [0.717, 1.165) is 5.56 Å². The minimum absolute atomic E-state index is 0.0415. The van der Waals surface area contributed by atoms with Crippen LogP contribution in [0.5, 0.6) is 0 Å². The maximum absolute atomic E-state index is 12.0. The average Bonchev–Trinajstić information content (AvgIpc) is 2.61. The molecule has 1 heterocycles. The number of nitrogens with zero attached hydrogens (tertiary/aromatic N) is 2. The van der Waals surface area contributed by atoms with Crippen LogP contribution >= 0.6 is 11.6 Å². The molecule has 1 N–H and O–H groups in total. The lowest BCUT2D eigenvalue weighted by molar-refractivity contribution is -0.119. The Labute approximate surface area is 148 Å².